The van der Waals surface area contributed by atoms with E-state index in [0.29, 0.717) is 12.5 Å². The third-order valence-corrected chi connectivity index (χ3v) is 4.29. The van der Waals surface area contributed by atoms with Crippen LogP contribution in [0.25, 0.3) is 0 Å². The van der Waals surface area contributed by atoms with Crippen molar-refractivity contribution in [3.63, 3.8) is 0 Å². The van der Waals surface area contributed by atoms with E-state index in [4.69, 9.17) is 4.74 Å². The van der Waals surface area contributed by atoms with E-state index in [0.717, 1.165) is 25.8 Å². The number of unbranched alkanes of at least 4 members (excludes halogenated alkanes) is 8. The van der Waals surface area contributed by atoms with Crippen LogP contribution in [0.3, 0.4) is 0 Å². The molecule has 0 spiro atoms. The normalized spacial score (nSPS) is 12.1. The van der Waals surface area contributed by atoms with Crippen LogP contribution in [0, 0.1) is 5.92 Å². The highest BCUT2D eigenvalue weighted by atomic mass is 16.5. The minimum atomic E-state index is -0.238. The van der Waals surface area contributed by atoms with Gasteiger partial charge in [0.15, 0.2) is 0 Å². The molecule has 0 rings (SSSR count). The zero-order chi connectivity index (χ0) is 16.5. The lowest BCUT2D eigenvalue weighted by Crippen LogP contribution is -2.27. The first-order valence-corrected chi connectivity index (χ1v) is 9.65. The van der Waals surface area contributed by atoms with Crippen LogP contribution >= 0.6 is 0 Å². The van der Waals surface area contributed by atoms with Gasteiger partial charge in [-0.1, -0.05) is 85.0 Å². The number of hydrogen-bond donors (Lipinski definition) is 1. The Morgan fingerprint density at radius 2 is 1.45 bits per heavy atom. The molecule has 0 saturated carbocycles. The van der Waals surface area contributed by atoms with E-state index in [1.807, 2.05) is 0 Å². The average molecular weight is 314 g/mol. The van der Waals surface area contributed by atoms with E-state index in [1.54, 1.807) is 0 Å². The largest absolute Gasteiger partial charge is 0.449 e. The van der Waals surface area contributed by atoms with Gasteiger partial charge in [0, 0.05) is 6.54 Å². The number of nitrogens with one attached hydrogen (secondary N) is 1. The van der Waals surface area contributed by atoms with Gasteiger partial charge in [-0.15, -0.1) is 0 Å². The zero-order valence-corrected chi connectivity index (χ0v) is 15.3. The number of carbonyl (C=O) groups is 1. The predicted molar refractivity (Wildman–Crippen MR) is 95.3 cm³/mol. The molecule has 0 aromatic heterocycles. The Labute approximate surface area is 138 Å². The quantitative estimate of drug-likeness (QED) is 0.373. The maximum absolute atomic E-state index is 11.6. The van der Waals surface area contributed by atoms with Gasteiger partial charge in [-0.2, -0.15) is 0 Å². The van der Waals surface area contributed by atoms with E-state index in [1.165, 1.54) is 57.8 Å². The average Bonchev–Trinajstić information content (AvgIpc) is 2.53. The molecule has 0 aliphatic carbocycles. The molecular weight excluding hydrogens is 274 g/mol. The lowest BCUT2D eigenvalue weighted by atomic mass is 10.0. The zero-order valence-electron chi connectivity index (χ0n) is 15.3. The fourth-order valence-corrected chi connectivity index (χ4v) is 2.59. The molecule has 0 fully saturated rings. The lowest BCUT2D eigenvalue weighted by molar-refractivity contribution is 0.122. The molecule has 132 valence electrons. The Balaban J connectivity index is 3.38. The van der Waals surface area contributed by atoms with Crippen molar-refractivity contribution < 1.29 is 9.53 Å². The summed E-state index contributed by atoms with van der Waals surface area (Å²) in [6, 6.07) is 0. The number of rotatable bonds is 15. The molecule has 0 aromatic carbocycles. The van der Waals surface area contributed by atoms with Gasteiger partial charge in [0.05, 0.1) is 6.61 Å². The molecule has 0 radical (unpaired) electrons. The van der Waals surface area contributed by atoms with Crippen LogP contribution in [0.5, 0.6) is 0 Å². The fraction of sp³-hybridized carbons (Fsp3) is 0.947. The summed E-state index contributed by atoms with van der Waals surface area (Å²) >= 11 is 0. The second kappa shape index (κ2) is 16.6. The topological polar surface area (TPSA) is 38.3 Å². The molecule has 3 heteroatoms. The van der Waals surface area contributed by atoms with Gasteiger partial charge in [-0.3, -0.25) is 0 Å². The van der Waals surface area contributed by atoms with Crippen molar-refractivity contribution in [2.24, 2.45) is 5.92 Å². The predicted octanol–water partition coefficient (Wildman–Crippen LogP) is 6.07. The maximum Gasteiger partial charge on any atom is 0.407 e. The second-order valence-corrected chi connectivity index (χ2v) is 6.42. The Kier molecular flexibility index (Phi) is 16.1. The molecule has 1 amide bonds. The highest BCUT2D eigenvalue weighted by Crippen LogP contribution is 2.12. The standard InChI is InChI=1S/C19H39NO2/c1-4-7-9-10-11-12-13-14-16-20-19(21)22-17-18(6-3)15-8-5-2/h18H,4-17H2,1-3H3,(H,20,21). The number of ether oxygens (including phenoxy) is 1. The van der Waals surface area contributed by atoms with E-state index >= 15 is 0 Å². The minimum absolute atomic E-state index is 0.238. The van der Waals surface area contributed by atoms with E-state index in [2.05, 4.69) is 26.1 Å². The van der Waals surface area contributed by atoms with E-state index in [-0.39, 0.29) is 6.09 Å². The SMILES string of the molecule is CCCCCCCCCCNC(=O)OCC(CC)CCCC. The Bertz CT molecular complexity index is 244. The highest BCUT2D eigenvalue weighted by Gasteiger charge is 2.09. The Morgan fingerprint density at radius 3 is 2.05 bits per heavy atom. The van der Waals surface area contributed by atoms with Crippen LogP contribution < -0.4 is 5.32 Å². The molecule has 0 saturated heterocycles. The first-order chi connectivity index (χ1) is 10.7. The molecule has 0 aromatic rings. The van der Waals surface area contributed by atoms with Gasteiger partial charge < -0.3 is 10.1 Å². The summed E-state index contributed by atoms with van der Waals surface area (Å²) < 4.78 is 5.31. The van der Waals surface area contributed by atoms with Crippen LogP contribution in [0.15, 0.2) is 0 Å². The molecule has 1 unspecified atom stereocenters. The summed E-state index contributed by atoms with van der Waals surface area (Å²) in [5.41, 5.74) is 0. The second-order valence-electron chi connectivity index (χ2n) is 6.42. The summed E-state index contributed by atoms with van der Waals surface area (Å²) in [4.78, 5) is 11.6. The Morgan fingerprint density at radius 1 is 0.864 bits per heavy atom. The molecule has 0 heterocycles. The molecule has 0 aliphatic heterocycles. The van der Waals surface area contributed by atoms with Crippen LogP contribution in [0.2, 0.25) is 0 Å². The summed E-state index contributed by atoms with van der Waals surface area (Å²) in [5, 5.41) is 2.87. The van der Waals surface area contributed by atoms with Gasteiger partial charge in [-0.25, -0.2) is 4.79 Å². The van der Waals surface area contributed by atoms with Crippen molar-refractivity contribution in [1.29, 1.82) is 0 Å². The molecule has 3 nitrogen and oxygen atoms in total. The summed E-state index contributed by atoms with van der Waals surface area (Å²) in [6.07, 6.45) is 14.8. The molecule has 0 bridgehead atoms. The van der Waals surface area contributed by atoms with Gasteiger partial charge in [0.25, 0.3) is 0 Å². The number of hydrogen-bond acceptors (Lipinski definition) is 2. The van der Waals surface area contributed by atoms with Crippen LogP contribution in [-0.4, -0.2) is 19.2 Å². The van der Waals surface area contributed by atoms with Crippen molar-refractivity contribution in [2.75, 3.05) is 13.2 Å². The van der Waals surface area contributed by atoms with Crippen molar-refractivity contribution in [3.8, 4) is 0 Å². The van der Waals surface area contributed by atoms with Crippen LogP contribution in [0.1, 0.15) is 97.8 Å². The van der Waals surface area contributed by atoms with Crippen molar-refractivity contribution in [2.45, 2.75) is 97.8 Å². The fourth-order valence-electron chi connectivity index (χ4n) is 2.59. The van der Waals surface area contributed by atoms with Gasteiger partial charge in [-0.05, 0) is 18.8 Å². The van der Waals surface area contributed by atoms with Crippen LogP contribution in [0.4, 0.5) is 4.79 Å². The monoisotopic (exact) mass is 313 g/mol. The van der Waals surface area contributed by atoms with Gasteiger partial charge in [0.2, 0.25) is 0 Å². The first-order valence-electron chi connectivity index (χ1n) is 9.65. The van der Waals surface area contributed by atoms with Gasteiger partial charge in [0.1, 0.15) is 0 Å². The van der Waals surface area contributed by atoms with E-state index in [9.17, 15) is 4.79 Å². The minimum Gasteiger partial charge on any atom is -0.449 e. The maximum atomic E-state index is 11.6. The van der Waals surface area contributed by atoms with Crippen molar-refractivity contribution in [3.05, 3.63) is 0 Å². The smallest absolute Gasteiger partial charge is 0.407 e. The van der Waals surface area contributed by atoms with Crippen molar-refractivity contribution in [1.82, 2.24) is 5.32 Å². The van der Waals surface area contributed by atoms with E-state index < -0.39 is 0 Å². The third kappa shape index (κ3) is 14.2. The van der Waals surface area contributed by atoms with Gasteiger partial charge >= 0.3 is 6.09 Å². The number of carbonyl (C=O) groups excluding carboxylic acids is 1. The highest BCUT2D eigenvalue weighted by molar-refractivity contribution is 5.66. The summed E-state index contributed by atoms with van der Waals surface area (Å²) in [5.74, 6) is 0.522. The molecule has 22 heavy (non-hydrogen) atoms. The molecule has 1 N–H and O–H groups in total. The summed E-state index contributed by atoms with van der Waals surface area (Å²) in [6.45, 7) is 7.93. The first kappa shape index (κ1) is 21.3. The molecular formula is C19H39NO2. The third-order valence-electron chi connectivity index (χ3n) is 4.29. The Hall–Kier alpha value is -0.730. The summed E-state index contributed by atoms with van der Waals surface area (Å²) in [7, 11) is 0. The van der Waals surface area contributed by atoms with Crippen molar-refractivity contribution >= 4 is 6.09 Å². The number of alkyl carbamates (subject to hydrolysis) is 1. The number of amides is 1. The lowest BCUT2D eigenvalue weighted by Gasteiger charge is -2.14. The molecule has 1 atom stereocenters. The molecule has 0 aliphatic rings. The van der Waals surface area contributed by atoms with Crippen LogP contribution in [-0.2, 0) is 4.74 Å².